The van der Waals surface area contributed by atoms with Crippen LogP contribution in [-0.4, -0.2) is 31.1 Å². The van der Waals surface area contributed by atoms with Gasteiger partial charge in [-0.15, -0.1) is 0 Å². The highest BCUT2D eigenvalue weighted by atomic mass is 19.1. The number of hydrogen-bond donors (Lipinski definition) is 1. The molecule has 0 bridgehead atoms. The van der Waals surface area contributed by atoms with E-state index < -0.39 is 0 Å². The van der Waals surface area contributed by atoms with Gasteiger partial charge in [-0.3, -0.25) is 9.59 Å². The molecule has 6 heteroatoms. The number of nitrogens with zero attached hydrogens (tertiary/aromatic N) is 1. The number of hydrogen-bond acceptors (Lipinski definition) is 3. The van der Waals surface area contributed by atoms with E-state index in [1.165, 1.54) is 12.1 Å². The van der Waals surface area contributed by atoms with Crippen LogP contribution in [0.4, 0.5) is 10.1 Å². The number of carbonyl (C=O) groups excluding carboxylic acids is 2. The van der Waals surface area contributed by atoms with E-state index in [2.05, 4.69) is 5.32 Å². The van der Waals surface area contributed by atoms with Crippen molar-refractivity contribution in [2.75, 3.05) is 18.1 Å². The molecule has 1 saturated carbocycles. The van der Waals surface area contributed by atoms with Crippen molar-refractivity contribution in [3.05, 3.63) is 65.5 Å². The van der Waals surface area contributed by atoms with E-state index in [4.69, 9.17) is 4.74 Å². The highest BCUT2D eigenvalue weighted by Gasteiger charge is 2.28. The number of halogens is 1. The molecule has 2 aromatic rings. The maximum absolute atomic E-state index is 13.7. The van der Waals surface area contributed by atoms with Crippen LogP contribution < -0.4 is 10.2 Å². The maximum atomic E-state index is 13.7. The van der Waals surface area contributed by atoms with Crippen LogP contribution in [0.5, 0.6) is 0 Å². The third-order valence-corrected chi connectivity index (χ3v) is 6.36. The lowest BCUT2D eigenvalue weighted by Crippen LogP contribution is -2.35. The van der Waals surface area contributed by atoms with E-state index in [0.717, 1.165) is 61.9 Å². The predicted molar refractivity (Wildman–Crippen MR) is 122 cm³/mol. The summed E-state index contributed by atoms with van der Waals surface area (Å²) in [5, 5.41) is 2.94. The van der Waals surface area contributed by atoms with Gasteiger partial charge in [0, 0.05) is 24.8 Å². The molecule has 4 rings (SSSR count). The van der Waals surface area contributed by atoms with E-state index in [0.29, 0.717) is 13.1 Å². The first kappa shape index (κ1) is 22.5. The van der Waals surface area contributed by atoms with Gasteiger partial charge in [0.15, 0.2) is 0 Å². The van der Waals surface area contributed by atoms with Gasteiger partial charge in [-0.2, -0.15) is 0 Å². The molecule has 0 aromatic heterocycles. The second kappa shape index (κ2) is 10.7. The molecule has 0 unspecified atom stereocenters. The standard InChI is InChI=1S/C26H31FN2O3/c27-22-8-3-5-20(15-22)18-29(26(31)21-6-1-2-7-21)23-12-10-19(11-13-23)16-25(30)28-17-24-9-4-14-32-24/h3,5,8,10-13,15,21,24H,1-2,4,6-7,9,14,16-18H2,(H,28,30)/t24-/m0/s1. The molecule has 2 aliphatic rings. The van der Waals surface area contributed by atoms with Crippen molar-refractivity contribution in [3.8, 4) is 0 Å². The monoisotopic (exact) mass is 438 g/mol. The summed E-state index contributed by atoms with van der Waals surface area (Å²) in [5.74, 6) is -0.229. The van der Waals surface area contributed by atoms with E-state index in [1.54, 1.807) is 11.0 Å². The number of ether oxygens (including phenoxy) is 1. The largest absolute Gasteiger partial charge is 0.376 e. The summed E-state index contributed by atoms with van der Waals surface area (Å²) in [7, 11) is 0. The molecule has 5 nitrogen and oxygen atoms in total. The van der Waals surface area contributed by atoms with Gasteiger partial charge in [0.1, 0.15) is 5.82 Å². The molecule has 32 heavy (non-hydrogen) atoms. The average Bonchev–Trinajstić information content (AvgIpc) is 3.51. The van der Waals surface area contributed by atoms with Crippen LogP contribution in [0.15, 0.2) is 48.5 Å². The van der Waals surface area contributed by atoms with Crippen molar-refractivity contribution in [3.63, 3.8) is 0 Å². The summed E-state index contributed by atoms with van der Waals surface area (Å²) in [6.07, 6.45) is 6.41. The van der Waals surface area contributed by atoms with Gasteiger partial charge in [-0.05, 0) is 61.1 Å². The smallest absolute Gasteiger partial charge is 0.230 e. The molecule has 0 radical (unpaired) electrons. The Hall–Kier alpha value is -2.73. The van der Waals surface area contributed by atoms with E-state index in [1.807, 2.05) is 30.3 Å². The van der Waals surface area contributed by atoms with Crippen LogP contribution in [0.1, 0.15) is 49.7 Å². The quantitative estimate of drug-likeness (QED) is 0.665. The zero-order chi connectivity index (χ0) is 22.3. The zero-order valence-corrected chi connectivity index (χ0v) is 18.4. The van der Waals surface area contributed by atoms with E-state index in [-0.39, 0.29) is 36.1 Å². The first-order valence-corrected chi connectivity index (χ1v) is 11.6. The van der Waals surface area contributed by atoms with Crippen LogP contribution in [0.2, 0.25) is 0 Å². The van der Waals surface area contributed by atoms with Crippen molar-refractivity contribution >= 4 is 17.5 Å². The minimum atomic E-state index is -0.305. The maximum Gasteiger partial charge on any atom is 0.230 e. The minimum absolute atomic E-state index is 0.0202. The molecular formula is C26H31FN2O3. The fraction of sp³-hybridized carbons (Fsp3) is 0.462. The lowest BCUT2D eigenvalue weighted by Gasteiger charge is -2.26. The number of anilines is 1. The molecular weight excluding hydrogens is 407 g/mol. The Bertz CT molecular complexity index is 919. The fourth-order valence-electron chi connectivity index (χ4n) is 4.58. The second-order valence-electron chi connectivity index (χ2n) is 8.82. The first-order valence-electron chi connectivity index (χ1n) is 11.6. The topological polar surface area (TPSA) is 58.6 Å². The van der Waals surface area contributed by atoms with Gasteiger partial charge in [0.2, 0.25) is 11.8 Å². The number of benzene rings is 2. The zero-order valence-electron chi connectivity index (χ0n) is 18.4. The number of carbonyl (C=O) groups is 2. The van der Waals surface area contributed by atoms with Crippen LogP contribution in [-0.2, 0) is 27.3 Å². The molecule has 2 aromatic carbocycles. The van der Waals surface area contributed by atoms with Crippen molar-refractivity contribution in [2.24, 2.45) is 5.92 Å². The van der Waals surface area contributed by atoms with Gasteiger partial charge >= 0.3 is 0 Å². The summed E-state index contributed by atoms with van der Waals surface area (Å²) < 4.78 is 19.2. The second-order valence-corrected chi connectivity index (χ2v) is 8.82. The van der Waals surface area contributed by atoms with Crippen molar-refractivity contribution in [1.29, 1.82) is 0 Å². The summed E-state index contributed by atoms with van der Waals surface area (Å²) in [4.78, 5) is 27.3. The molecule has 2 amide bonds. The van der Waals surface area contributed by atoms with Gasteiger partial charge in [0.05, 0.1) is 19.1 Å². The molecule has 1 N–H and O–H groups in total. The predicted octanol–water partition coefficient (Wildman–Crippen LogP) is 4.39. The molecule has 2 fully saturated rings. The highest BCUT2D eigenvalue weighted by molar-refractivity contribution is 5.95. The van der Waals surface area contributed by atoms with Gasteiger partial charge in [-0.25, -0.2) is 4.39 Å². The molecule has 1 atom stereocenters. The average molecular weight is 439 g/mol. The van der Waals surface area contributed by atoms with Crippen LogP contribution in [0, 0.1) is 11.7 Å². The third-order valence-electron chi connectivity index (χ3n) is 6.36. The summed E-state index contributed by atoms with van der Waals surface area (Å²) in [5.41, 5.74) is 2.42. The van der Waals surface area contributed by atoms with Crippen molar-refractivity contribution in [1.82, 2.24) is 5.32 Å². The molecule has 1 heterocycles. The molecule has 0 spiro atoms. The SMILES string of the molecule is O=C(Cc1ccc(N(Cc2cccc(F)c2)C(=O)C2CCCC2)cc1)NC[C@@H]1CCCO1. The summed E-state index contributed by atoms with van der Waals surface area (Å²) in [6.45, 7) is 1.65. The third kappa shape index (κ3) is 5.94. The lowest BCUT2D eigenvalue weighted by molar-refractivity contribution is -0.122. The number of nitrogens with one attached hydrogen (secondary N) is 1. The first-order chi connectivity index (χ1) is 15.6. The fourth-order valence-corrected chi connectivity index (χ4v) is 4.58. The van der Waals surface area contributed by atoms with Crippen molar-refractivity contribution in [2.45, 2.75) is 57.6 Å². The molecule has 1 aliphatic carbocycles. The van der Waals surface area contributed by atoms with E-state index in [9.17, 15) is 14.0 Å². The van der Waals surface area contributed by atoms with Gasteiger partial charge in [-0.1, -0.05) is 37.1 Å². The molecule has 1 saturated heterocycles. The Kier molecular flexibility index (Phi) is 7.53. The highest BCUT2D eigenvalue weighted by Crippen LogP contribution is 2.30. The Morgan fingerprint density at radius 3 is 2.47 bits per heavy atom. The normalized spacial score (nSPS) is 18.6. The Morgan fingerprint density at radius 2 is 1.78 bits per heavy atom. The molecule has 1 aliphatic heterocycles. The Balaban J connectivity index is 1.43. The van der Waals surface area contributed by atoms with Gasteiger partial charge < -0.3 is 15.0 Å². The minimum Gasteiger partial charge on any atom is -0.376 e. The Morgan fingerprint density at radius 1 is 1.00 bits per heavy atom. The Labute approximate surface area is 188 Å². The van der Waals surface area contributed by atoms with E-state index >= 15 is 0 Å². The molecule has 170 valence electrons. The van der Waals surface area contributed by atoms with Crippen LogP contribution in [0.25, 0.3) is 0 Å². The lowest BCUT2D eigenvalue weighted by atomic mass is 10.0. The van der Waals surface area contributed by atoms with Gasteiger partial charge in [0.25, 0.3) is 0 Å². The number of rotatable bonds is 8. The summed E-state index contributed by atoms with van der Waals surface area (Å²) >= 11 is 0. The van der Waals surface area contributed by atoms with Crippen LogP contribution in [0.3, 0.4) is 0 Å². The summed E-state index contributed by atoms with van der Waals surface area (Å²) in [6, 6.07) is 13.9. The number of amides is 2. The van der Waals surface area contributed by atoms with Crippen LogP contribution >= 0.6 is 0 Å². The van der Waals surface area contributed by atoms with Crippen molar-refractivity contribution < 1.29 is 18.7 Å².